The van der Waals surface area contributed by atoms with Gasteiger partial charge in [-0.2, -0.15) is 0 Å². The van der Waals surface area contributed by atoms with Crippen molar-refractivity contribution in [2.45, 2.75) is 25.8 Å². The number of hydrogen-bond acceptors (Lipinski definition) is 4. The van der Waals surface area contributed by atoms with Gasteiger partial charge in [-0.25, -0.2) is 0 Å². The Morgan fingerprint density at radius 3 is 2.33 bits per heavy atom. The quantitative estimate of drug-likeness (QED) is 0.779. The Morgan fingerprint density at radius 1 is 1.22 bits per heavy atom. The summed E-state index contributed by atoms with van der Waals surface area (Å²) < 4.78 is 10.7. The van der Waals surface area contributed by atoms with Gasteiger partial charge in [0.05, 0.1) is 14.2 Å². The first-order valence-corrected chi connectivity index (χ1v) is 6.27. The molecule has 102 valence electrons. The van der Waals surface area contributed by atoms with Crippen LogP contribution in [-0.2, 0) is 0 Å². The van der Waals surface area contributed by atoms with Gasteiger partial charge in [-0.15, -0.1) is 0 Å². The Hall–Kier alpha value is -1.26. The van der Waals surface area contributed by atoms with Crippen LogP contribution in [0.2, 0.25) is 0 Å². The van der Waals surface area contributed by atoms with Gasteiger partial charge in [0.1, 0.15) is 0 Å². The van der Waals surface area contributed by atoms with E-state index in [9.17, 15) is 0 Å². The van der Waals surface area contributed by atoms with E-state index in [0.29, 0.717) is 12.6 Å². The number of methoxy groups -OCH3 is 2. The average molecular weight is 252 g/mol. The maximum atomic E-state index is 5.58. The molecule has 1 rings (SSSR count). The third-order valence-electron chi connectivity index (χ3n) is 3.19. The molecule has 4 heteroatoms. The number of hydrogen-bond donors (Lipinski definition) is 2. The summed E-state index contributed by atoms with van der Waals surface area (Å²) in [5.74, 6) is 1.54. The van der Waals surface area contributed by atoms with E-state index in [0.717, 1.165) is 24.3 Å². The van der Waals surface area contributed by atoms with Crippen LogP contribution in [0, 0.1) is 6.92 Å². The summed E-state index contributed by atoms with van der Waals surface area (Å²) in [5.41, 5.74) is 8.01. The summed E-state index contributed by atoms with van der Waals surface area (Å²) in [5, 5.41) is 3.33. The SMILES string of the molecule is CNC(CCCN)c1cc(OC)c(OC)cc1C. The van der Waals surface area contributed by atoms with E-state index in [-0.39, 0.29) is 0 Å². The highest BCUT2D eigenvalue weighted by atomic mass is 16.5. The Labute approximate surface area is 109 Å². The zero-order chi connectivity index (χ0) is 13.5. The van der Waals surface area contributed by atoms with E-state index in [4.69, 9.17) is 15.2 Å². The molecule has 0 radical (unpaired) electrons. The lowest BCUT2D eigenvalue weighted by Crippen LogP contribution is -2.18. The summed E-state index contributed by atoms with van der Waals surface area (Å²) in [7, 11) is 5.28. The molecule has 0 aromatic heterocycles. The van der Waals surface area contributed by atoms with Gasteiger partial charge in [0.2, 0.25) is 0 Å². The molecule has 3 N–H and O–H groups in total. The molecule has 1 aromatic rings. The van der Waals surface area contributed by atoms with Gasteiger partial charge in [0, 0.05) is 6.04 Å². The van der Waals surface area contributed by atoms with Crippen LogP contribution in [0.15, 0.2) is 12.1 Å². The number of ether oxygens (including phenoxy) is 2. The predicted octanol–water partition coefficient (Wildman–Crippen LogP) is 2.01. The Kier molecular flexibility index (Phi) is 5.95. The zero-order valence-electron chi connectivity index (χ0n) is 11.7. The molecule has 0 fully saturated rings. The molecular formula is C14H24N2O2. The van der Waals surface area contributed by atoms with Crippen LogP contribution in [0.5, 0.6) is 11.5 Å². The smallest absolute Gasteiger partial charge is 0.161 e. The highest BCUT2D eigenvalue weighted by molar-refractivity contribution is 5.48. The summed E-state index contributed by atoms with van der Waals surface area (Å²) >= 11 is 0. The molecule has 0 aliphatic rings. The van der Waals surface area contributed by atoms with Crippen molar-refractivity contribution in [1.82, 2.24) is 5.32 Å². The van der Waals surface area contributed by atoms with Crippen molar-refractivity contribution in [3.63, 3.8) is 0 Å². The van der Waals surface area contributed by atoms with Gasteiger partial charge in [-0.05, 0) is 56.6 Å². The van der Waals surface area contributed by atoms with Crippen molar-refractivity contribution in [2.75, 3.05) is 27.8 Å². The Bertz CT molecular complexity index is 380. The van der Waals surface area contributed by atoms with Crippen molar-refractivity contribution in [2.24, 2.45) is 5.73 Å². The monoisotopic (exact) mass is 252 g/mol. The second-order valence-electron chi connectivity index (χ2n) is 4.34. The minimum Gasteiger partial charge on any atom is -0.493 e. The predicted molar refractivity (Wildman–Crippen MR) is 74.4 cm³/mol. The lowest BCUT2D eigenvalue weighted by atomic mass is 9.97. The fourth-order valence-corrected chi connectivity index (χ4v) is 2.15. The lowest BCUT2D eigenvalue weighted by Gasteiger charge is -2.20. The van der Waals surface area contributed by atoms with E-state index < -0.39 is 0 Å². The average Bonchev–Trinajstić information content (AvgIpc) is 2.40. The molecular weight excluding hydrogens is 228 g/mol. The van der Waals surface area contributed by atoms with Crippen molar-refractivity contribution >= 4 is 0 Å². The number of benzene rings is 1. The van der Waals surface area contributed by atoms with Crippen LogP contribution < -0.4 is 20.5 Å². The van der Waals surface area contributed by atoms with Crippen molar-refractivity contribution < 1.29 is 9.47 Å². The molecule has 0 aliphatic carbocycles. The molecule has 0 spiro atoms. The van der Waals surface area contributed by atoms with Crippen LogP contribution in [0.4, 0.5) is 0 Å². The first-order valence-electron chi connectivity index (χ1n) is 6.27. The molecule has 0 saturated heterocycles. The number of nitrogens with one attached hydrogen (secondary N) is 1. The molecule has 4 nitrogen and oxygen atoms in total. The summed E-state index contributed by atoms with van der Waals surface area (Å²) in [4.78, 5) is 0. The van der Waals surface area contributed by atoms with E-state index in [1.54, 1.807) is 14.2 Å². The number of nitrogens with two attached hydrogens (primary N) is 1. The second kappa shape index (κ2) is 7.24. The van der Waals surface area contributed by atoms with Crippen LogP contribution in [0.1, 0.15) is 30.0 Å². The van der Waals surface area contributed by atoms with E-state index >= 15 is 0 Å². The molecule has 1 atom stereocenters. The van der Waals surface area contributed by atoms with Crippen LogP contribution in [-0.4, -0.2) is 27.8 Å². The zero-order valence-corrected chi connectivity index (χ0v) is 11.7. The molecule has 0 heterocycles. The molecule has 18 heavy (non-hydrogen) atoms. The van der Waals surface area contributed by atoms with Gasteiger partial charge < -0.3 is 20.5 Å². The standard InChI is InChI=1S/C14H24N2O2/c1-10-8-13(17-3)14(18-4)9-11(10)12(16-2)6-5-7-15/h8-9,12,16H,5-7,15H2,1-4H3. The number of aryl methyl sites for hydroxylation is 1. The molecule has 1 unspecified atom stereocenters. The third-order valence-corrected chi connectivity index (χ3v) is 3.19. The lowest BCUT2D eigenvalue weighted by molar-refractivity contribution is 0.353. The fraction of sp³-hybridized carbons (Fsp3) is 0.571. The Balaban J connectivity index is 3.06. The van der Waals surface area contributed by atoms with E-state index in [2.05, 4.69) is 12.2 Å². The van der Waals surface area contributed by atoms with Crippen molar-refractivity contribution in [1.29, 1.82) is 0 Å². The minimum atomic E-state index is 0.299. The van der Waals surface area contributed by atoms with Gasteiger partial charge in [0.25, 0.3) is 0 Å². The van der Waals surface area contributed by atoms with Gasteiger partial charge in [-0.3, -0.25) is 0 Å². The summed E-state index contributed by atoms with van der Waals surface area (Å²) in [6, 6.07) is 4.36. The van der Waals surface area contributed by atoms with E-state index in [1.807, 2.05) is 19.2 Å². The van der Waals surface area contributed by atoms with Gasteiger partial charge in [-0.1, -0.05) is 0 Å². The maximum absolute atomic E-state index is 5.58. The largest absolute Gasteiger partial charge is 0.493 e. The molecule has 0 saturated carbocycles. The normalized spacial score (nSPS) is 12.3. The van der Waals surface area contributed by atoms with Crippen molar-refractivity contribution in [3.05, 3.63) is 23.3 Å². The maximum Gasteiger partial charge on any atom is 0.161 e. The van der Waals surface area contributed by atoms with Crippen LogP contribution >= 0.6 is 0 Å². The topological polar surface area (TPSA) is 56.5 Å². The van der Waals surface area contributed by atoms with E-state index in [1.165, 1.54) is 11.1 Å². The molecule has 0 aliphatic heterocycles. The minimum absolute atomic E-state index is 0.299. The van der Waals surface area contributed by atoms with Crippen LogP contribution in [0.3, 0.4) is 0 Å². The Morgan fingerprint density at radius 2 is 1.83 bits per heavy atom. The highest BCUT2D eigenvalue weighted by Crippen LogP contribution is 2.33. The van der Waals surface area contributed by atoms with Crippen LogP contribution in [0.25, 0.3) is 0 Å². The van der Waals surface area contributed by atoms with Gasteiger partial charge in [0.15, 0.2) is 11.5 Å². The fourth-order valence-electron chi connectivity index (χ4n) is 2.15. The third kappa shape index (κ3) is 3.37. The van der Waals surface area contributed by atoms with Gasteiger partial charge >= 0.3 is 0 Å². The first kappa shape index (κ1) is 14.8. The summed E-state index contributed by atoms with van der Waals surface area (Å²) in [6.07, 6.45) is 2.02. The second-order valence-corrected chi connectivity index (χ2v) is 4.34. The molecule has 0 bridgehead atoms. The molecule has 1 aromatic carbocycles. The molecule has 0 amide bonds. The summed E-state index contributed by atoms with van der Waals surface area (Å²) in [6.45, 7) is 2.80. The van der Waals surface area contributed by atoms with Crippen molar-refractivity contribution in [3.8, 4) is 11.5 Å². The first-order chi connectivity index (χ1) is 8.67. The number of rotatable bonds is 7. The highest BCUT2D eigenvalue weighted by Gasteiger charge is 2.15.